The van der Waals surface area contributed by atoms with Crippen LogP contribution in [0.15, 0.2) is 30.3 Å². The van der Waals surface area contributed by atoms with E-state index < -0.39 is 18.3 Å². The average molecular weight is 262 g/mol. The molecule has 2 heterocycles. The Labute approximate surface area is 110 Å². The van der Waals surface area contributed by atoms with Crippen LogP contribution in [0.1, 0.15) is 12.0 Å². The second-order valence-corrected chi connectivity index (χ2v) is 5.09. The molecular formula is C14H15FN2O2. The fourth-order valence-corrected chi connectivity index (χ4v) is 2.79. The molecule has 0 saturated carbocycles. The molecule has 2 aliphatic rings. The topological polar surface area (TPSA) is 49.4 Å². The van der Waals surface area contributed by atoms with Crippen molar-refractivity contribution in [1.29, 1.82) is 0 Å². The minimum absolute atomic E-state index is 0.0439. The number of carbonyl (C=O) groups is 2. The lowest BCUT2D eigenvalue weighted by Crippen LogP contribution is -2.61. The number of rotatable bonds is 2. The molecule has 1 aromatic carbocycles. The van der Waals surface area contributed by atoms with E-state index >= 15 is 0 Å². The Bertz CT molecular complexity index is 505. The molecule has 0 spiro atoms. The number of halogens is 1. The molecule has 3 rings (SSSR count). The second kappa shape index (κ2) is 4.64. The molecule has 0 unspecified atom stereocenters. The van der Waals surface area contributed by atoms with Crippen LogP contribution in [0.5, 0.6) is 0 Å². The van der Waals surface area contributed by atoms with Crippen molar-refractivity contribution in [3.8, 4) is 0 Å². The maximum absolute atomic E-state index is 13.4. The van der Waals surface area contributed by atoms with E-state index in [0.717, 1.165) is 5.56 Å². The highest BCUT2D eigenvalue weighted by Gasteiger charge is 2.46. The lowest BCUT2D eigenvalue weighted by Gasteiger charge is -2.34. The summed E-state index contributed by atoms with van der Waals surface area (Å²) in [6.45, 7) is 0.0439. The third-order valence-corrected chi connectivity index (χ3v) is 3.73. The number of fused-ring (bicyclic) bond motifs is 1. The van der Waals surface area contributed by atoms with Crippen LogP contribution < -0.4 is 5.32 Å². The van der Waals surface area contributed by atoms with Gasteiger partial charge in [0.05, 0.1) is 6.54 Å². The highest BCUT2D eigenvalue weighted by molar-refractivity contribution is 5.97. The van der Waals surface area contributed by atoms with Gasteiger partial charge in [0.25, 0.3) is 0 Å². The molecule has 2 fully saturated rings. The van der Waals surface area contributed by atoms with Gasteiger partial charge in [-0.15, -0.1) is 0 Å². The van der Waals surface area contributed by atoms with Gasteiger partial charge in [-0.25, -0.2) is 4.39 Å². The number of amides is 2. The fourth-order valence-electron chi connectivity index (χ4n) is 2.79. The summed E-state index contributed by atoms with van der Waals surface area (Å²) in [7, 11) is 0. The SMILES string of the molecule is O=C1N[C@H](Cc2ccccc2)C(=O)N2C[C@@H](F)C[C@H]12. The van der Waals surface area contributed by atoms with Crippen molar-refractivity contribution >= 4 is 11.8 Å². The molecule has 2 saturated heterocycles. The molecule has 3 atom stereocenters. The first-order chi connectivity index (χ1) is 9.15. The monoisotopic (exact) mass is 262 g/mol. The summed E-state index contributed by atoms with van der Waals surface area (Å²) in [6, 6.07) is 8.31. The number of hydrogen-bond acceptors (Lipinski definition) is 2. The maximum Gasteiger partial charge on any atom is 0.246 e. The molecule has 4 nitrogen and oxygen atoms in total. The van der Waals surface area contributed by atoms with Crippen LogP contribution in [-0.4, -0.2) is 41.5 Å². The van der Waals surface area contributed by atoms with Crippen molar-refractivity contribution in [3.05, 3.63) is 35.9 Å². The van der Waals surface area contributed by atoms with Gasteiger partial charge in [0.15, 0.2) is 0 Å². The standard InChI is InChI=1S/C14H15FN2O2/c15-10-7-12-13(18)16-11(14(19)17(12)8-10)6-9-4-2-1-3-5-9/h1-5,10-12H,6-8H2,(H,16,18)/t10-,11+,12+/m0/s1. The van der Waals surface area contributed by atoms with Gasteiger partial charge in [-0.2, -0.15) is 0 Å². The van der Waals surface area contributed by atoms with Gasteiger partial charge in [-0.05, 0) is 5.56 Å². The first kappa shape index (κ1) is 12.1. The lowest BCUT2D eigenvalue weighted by atomic mass is 10.0. The highest BCUT2D eigenvalue weighted by atomic mass is 19.1. The predicted molar refractivity (Wildman–Crippen MR) is 67.1 cm³/mol. The zero-order valence-electron chi connectivity index (χ0n) is 10.4. The van der Waals surface area contributed by atoms with E-state index in [1.54, 1.807) is 0 Å². The number of alkyl halides is 1. The van der Waals surface area contributed by atoms with Crippen molar-refractivity contribution in [3.63, 3.8) is 0 Å². The fraction of sp³-hybridized carbons (Fsp3) is 0.429. The molecular weight excluding hydrogens is 247 g/mol. The first-order valence-corrected chi connectivity index (χ1v) is 6.44. The van der Waals surface area contributed by atoms with Crippen molar-refractivity contribution in [2.45, 2.75) is 31.1 Å². The van der Waals surface area contributed by atoms with E-state index in [2.05, 4.69) is 5.32 Å². The van der Waals surface area contributed by atoms with Gasteiger partial charge in [-0.3, -0.25) is 9.59 Å². The van der Waals surface area contributed by atoms with Gasteiger partial charge < -0.3 is 10.2 Å². The molecule has 1 N–H and O–H groups in total. The van der Waals surface area contributed by atoms with E-state index in [4.69, 9.17) is 0 Å². The quantitative estimate of drug-likeness (QED) is 0.851. The summed E-state index contributed by atoms with van der Waals surface area (Å²) in [6.07, 6.45) is -0.517. The zero-order valence-corrected chi connectivity index (χ0v) is 10.4. The number of nitrogens with one attached hydrogen (secondary N) is 1. The second-order valence-electron chi connectivity index (χ2n) is 5.09. The van der Waals surface area contributed by atoms with Gasteiger partial charge >= 0.3 is 0 Å². The highest BCUT2D eigenvalue weighted by Crippen LogP contribution is 2.25. The molecule has 2 amide bonds. The Morgan fingerprint density at radius 1 is 1.26 bits per heavy atom. The molecule has 0 aromatic heterocycles. The molecule has 2 aliphatic heterocycles. The first-order valence-electron chi connectivity index (χ1n) is 6.44. The summed E-state index contributed by atoms with van der Waals surface area (Å²) < 4.78 is 13.4. The third kappa shape index (κ3) is 2.20. The lowest BCUT2D eigenvalue weighted by molar-refractivity contribution is -0.147. The van der Waals surface area contributed by atoms with Crippen LogP contribution in [-0.2, 0) is 16.0 Å². The molecule has 5 heteroatoms. The van der Waals surface area contributed by atoms with Crippen LogP contribution in [0.25, 0.3) is 0 Å². The number of carbonyl (C=O) groups excluding carboxylic acids is 2. The van der Waals surface area contributed by atoms with E-state index in [9.17, 15) is 14.0 Å². The Morgan fingerprint density at radius 2 is 2.00 bits per heavy atom. The summed E-state index contributed by atoms with van der Waals surface area (Å²) >= 11 is 0. The minimum Gasteiger partial charge on any atom is -0.342 e. The Morgan fingerprint density at radius 3 is 2.74 bits per heavy atom. The van der Waals surface area contributed by atoms with Crippen LogP contribution in [0.2, 0.25) is 0 Å². The van der Waals surface area contributed by atoms with E-state index in [-0.39, 0.29) is 24.8 Å². The molecule has 0 radical (unpaired) electrons. The summed E-state index contributed by atoms with van der Waals surface area (Å²) in [4.78, 5) is 25.5. The Hall–Kier alpha value is -1.91. The van der Waals surface area contributed by atoms with Gasteiger partial charge in [0.1, 0.15) is 18.3 Å². The largest absolute Gasteiger partial charge is 0.342 e. The number of hydrogen-bond donors (Lipinski definition) is 1. The van der Waals surface area contributed by atoms with Crippen molar-refractivity contribution in [2.24, 2.45) is 0 Å². The van der Waals surface area contributed by atoms with Gasteiger partial charge in [-0.1, -0.05) is 30.3 Å². The Balaban J connectivity index is 1.77. The van der Waals surface area contributed by atoms with Gasteiger partial charge in [0, 0.05) is 12.8 Å². The maximum atomic E-state index is 13.4. The molecule has 0 bridgehead atoms. The van der Waals surface area contributed by atoms with Crippen LogP contribution in [0.4, 0.5) is 4.39 Å². The van der Waals surface area contributed by atoms with Crippen molar-refractivity contribution in [1.82, 2.24) is 10.2 Å². The predicted octanol–water partition coefficient (Wildman–Crippen LogP) is 0.666. The summed E-state index contributed by atoms with van der Waals surface area (Å²) in [5, 5.41) is 2.71. The summed E-state index contributed by atoms with van der Waals surface area (Å²) in [5.41, 5.74) is 0.982. The number of benzene rings is 1. The third-order valence-electron chi connectivity index (χ3n) is 3.73. The normalized spacial score (nSPS) is 30.2. The average Bonchev–Trinajstić information content (AvgIpc) is 2.80. The van der Waals surface area contributed by atoms with Crippen molar-refractivity contribution in [2.75, 3.05) is 6.54 Å². The van der Waals surface area contributed by atoms with E-state index in [1.807, 2.05) is 30.3 Å². The molecule has 100 valence electrons. The smallest absolute Gasteiger partial charge is 0.246 e. The van der Waals surface area contributed by atoms with Crippen LogP contribution in [0.3, 0.4) is 0 Å². The minimum atomic E-state index is -1.09. The Kier molecular flexibility index (Phi) is 2.97. The van der Waals surface area contributed by atoms with Crippen LogP contribution >= 0.6 is 0 Å². The number of nitrogens with zero attached hydrogens (tertiary/aromatic N) is 1. The zero-order chi connectivity index (χ0) is 13.4. The number of piperazine rings is 1. The van der Waals surface area contributed by atoms with Crippen molar-refractivity contribution < 1.29 is 14.0 Å². The van der Waals surface area contributed by atoms with Gasteiger partial charge in [0.2, 0.25) is 11.8 Å². The molecule has 19 heavy (non-hydrogen) atoms. The molecule has 1 aromatic rings. The van der Waals surface area contributed by atoms with E-state index in [0.29, 0.717) is 6.42 Å². The molecule has 0 aliphatic carbocycles. The van der Waals surface area contributed by atoms with Crippen LogP contribution in [0, 0.1) is 0 Å². The summed E-state index contributed by atoms with van der Waals surface area (Å²) in [5.74, 6) is -0.408. The van der Waals surface area contributed by atoms with E-state index in [1.165, 1.54) is 4.90 Å².